The third-order valence-electron chi connectivity index (χ3n) is 5.07. The molecule has 0 bridgehead atoms. The highest BCUT2D eigenvalue weighted by atomic mass is 35.5. The summed E-state index contributed by atoms with van der Waals surface area (Å²) in [5.74, 6) is 0.472. The van der Waals surface area contributed by atoms with Crippen LogP contribution in [0.1, 0.15) is 5.56 Å². The Labute approximate surface area is 203 Å². The van der Waals surface area contributed by atoms with Gasteiger partial charge in [0, 0.05) is 24.1 Å². The molecule has 4 rings (SSSR count). The molecule has 0 fully saturated rings. The van der Waals surface area contributed by atoms with Crippen molar-refractivity contribution < 1.29 is 9.47 Å². The molecule has 2 aromatic heterocycles. The Morgan fingerprint density at radius 2 is 1.64 bits per heavy atom. The predicted molar refractivity (Wildman–Crippen MR) is 128 cm³/mol. The summed E-state index contributed by atoms with van der Waals surface area (Å²) in [6, 6.07) is 12.1. The van der Waals surface area contributed by atoms with Crippen molar-refractivity contribution in [2.45, 2.75) is 6.54 Å². The van der Waals surface area contributed by atoms with Gasteiger partial charge in [0.1, 0.15) is 19.0 Å². The van der Waals surface area contributed by atoms with Gasteiger partial charge in [-0.3, -0.25) is 18.5 Å². The molecule has 0 radical (unpaired) electrons. The molecule has 8 nitrogen and oxygen atoms in total. The van der Waals surface area contributed by atoms with E-state index in [-0.39, 0.29) is 36.9 Å². The van der Waals surface area contributed by atoms with E-state index in [9.17, 15) is 9.59 Å². The number of nitrogens with zero attached hydrogens (tertiary/aromatic N) is 4. The molecule has 0 aliphatic heterocycles. The number of aromatic nitrogens is 4. The first kappa shape index (κ1) is 23.2. The first-order valence-electron chi connectivity index (χ1n) is 9.88. The van der Waals surface area contributed by atoms with Gasteiger partial charge in [-0.25, -0.2) is 4.79 Å². The van der Waals surface area contributed by atoms with Crippen molar-refractivity contribution in [2.24, 2.45) is 14.1 Å². The molecule has 0 amide bonds. The summed E-state index contributed by atoms with van der Waals surface area (Å²) in [5, 5.41) is 1.37. The Bertz CT molecular complexity index is 1460. The van der Waals surface area contributed by atoms with Gasteiger partial charge in [0.15, 0.2) is 11.2 Å². The summed E-state index contributed by atoms with van der Waals surface area (Å²) in [7, 11) is 3.20. The van der Waals surface area contributed by atoms with E-state index >= 15 is 0 Å². The molecule has 11 heteroatoms. The maximum absolute atomic E-state index is 13.2. The van der Waals surface area contributed by atoms with Gasteiger partial charge in [0.2, 0.25) is 0 Å². The van der Waals surface area contributed by atoms with Crippen LogP contribution in [0, 0.1) is 0 Å². The summed E-state index contributed by atoms with van der Waals surface area (Å²) in [6.45, 7) is 0.357. The normalized spacial score (nSPS) is 11.2. The number of aryl methyl sites for hydroxylation is 2. The van der Waals surface area contributed by atoms with Crippen LogP contribution in [0.2, 0.25) is 15.1 Å². The smallest absolute Gasteiger partial charge is 0.332 e. The molecule has 2 aromatic carbocycles. The Kier molecular flexibility index (Phi) is 6.69. The molecular weight excluding hydrogens is 491 g/mol. The quantitative estimate of drug-likeness (QED) is 0.353. The van der Waals surface area contributed by atoms with Crippen LogP contribution in [-0.2, 0) is 20.6 Å². The summed E-state index contributed by atoms with van der Waals surface area (Å²) in [6.07, 6.45) is 0. The first-order valence-corrected chi connectivity index (χ1v) is 11.0. The fourth-order valence-electron chi connectivity index (χ4n) is 3.37. The van der Waals surface area contributed by atoms with Crippen molar-refractivity contribution in [1.82, 2.24) is 18.7 Å². The number of imidazole rings is 1. The van der Waals surface area contributed by atoms with Gasteiger partial charge in [-0.05, 0) is 29.8 Å². The molecule has 172 valence electrons. The highest BCUT2D eigenvalue weighted by Gasteiger charge is 2.20. The molecule has 0 unspecified atom stereocenters. The molecule has 0 saturated heterocycles. The summed E-state index contributed by atoms with van der Waals surface area (Å²) in [4.78, 5) is 30.4. The molecule has 0 aliphatic carbocycles. The minimum atomic E-state index is -0.502. The lowest BCUT2D eigenvalue weighted by Gasteiger charge is -2.10. The Morgan fingerprint density at radius 3 is 2.36 bits per heavy atom. The van der Waals surface area contributed by atoms with Crippen LogP contribution in [0.25, 0.3) is 11.2 Å². The van der Waals surface area contributed by atoms with Crippen molar-refractivity contribution in [3.05, 3.63) is 83.9 Å². The van der Waals surface area contributed by atoms with E-state index in [4.69, 9.17) is 44.3 Å². The lowest BCUT2D eigenvalue weighted by Crippen LogP contribution is -2.39. The third kappa shape index (κ3) is 4.59. The van der Waals surface area contributed by atoms with E-state index in [0.29, 0.717) is 26.4 Å². The summed E-state index contributed by atoms with van der Waals surface area (Å²) >= 11 is 18.2. The Morgan fingerprint density at radius 1 is 0.909 bits per heavy atom. The molecule has 4 aromatic rings. The van der Waals surface area contributed by atoms with Gasteiger partial charge in [0.25, 0.3) is 11.6 Å². The minimum absolute atomic E-state index is 0.0399. The van der Waals surface area contributed by atoms with Crippen molar-refractivity contribution in [3.8, 4) is 11.8 Å². The van der Waals surface area contributed by atoms with Crippen LogP contribution in [0.4, 0.5) is 0 Å². The van der Waals surface area contributed by atoms with Crippen molar-refractivity contribution in [3.63, 3.8) is 0 Å². The molecule has 33 heavy (non-hydrogen) atoms. The molecule has 0 N–H and O–H groups in total. The number of hydrogen-bond acceptors (Lipinski definition) is 5. The average molecular weight is 510 g/mol. The maximum atomic E-state index is 13.2. The fraction of sp³-hybridized carbons (Fsp3) is 0.227. The second-order valence-corrected chi connectivity index (χ2v) is 8.47. The number of benzene rings is 2. The standard InChI is InChI=1S/C22H19Cl3N4O4/c1-27-18-19(26-21(27)33-10-9-32-17-8-7-14(23)11-16(17)25)28(2)22(31)29(20(18)30)12-13-5-3-4-6-15(13)24/h3-8,11H,9-10,12H2,1-2H3. The number of fused-ring (bicyclic) bond motifs is 1. The molecular formula is C22H19Cl3N4O4. The number of hydrogen-bond donors (Lipinski definition) is 0. The van der Waals surface area contributed by atoms with E-state index in [2.05, 4.69) is 4.98 Å². The molecule has 0 aliphatic rings. The number of ether oxygens (including phenoxy) is 2. The lowest BCUT2D eigenvalue weighted by molar-refractivity contribution is 0.203. The monoisotopic (exact) mass is 508 g/mol. The first-order chi connectivity index (χ1) is 15.8. The minimum Gasteiger partial charge on any atom is -0.488 e. The highest BCUT2D eigenvalue weighted by molar-refractivity contribution is 6.35. The zero-order valence-corrected chi connectivity index (χ0v) is 20.0. The Hall–Kier alpha value is -2.94. The van der Waals surface area contributed by atoms with Gasteiger partial charge in [-0.2, -0.15) is 4.98 Å². The Balaban J connectivity index is 1.58. The van der Waals surface area contributed by atoms with Gasteiger partial charge >= 0.3 is 5.69 Å². The van der Waals surface area contributed by atoms with Crippen LogP contribution < -0.4 is 20.7 Å². The molecule has 0 atom stereocenters. The largest absolute Gasteiger partial charge is 0.488 e. The van der Waals surface area contributed by atoms with Crippen LogP contribution in [0.3, 0.4) is 0 Å². The average Bonchev–Trinajstić information content (AvgIpc) is 3.11. The topological polar surface area (TPSA) is 80.3 Å². The van der Waals surface area contributed by atoms with Gasteiger partial charge < -0.3 is 9.47 Å². The number of rotatable bonds is 7. The predicted octanol–water partition coefficient (Wildman–Crippen LogP) is 3.90. The van der Waals surface area contributed by atoms with Crippen molar-refractivity contribution in [1.29, 1.82) is 0 Å². The van der Waals surface area contributed by atoms with Crippen LogP contribution in [0.15, 0.2) is 52.1 Å². The SMILES string of the molecule is Cn1c(OCCOc2ccc(Cl)cc2Cl)nc2c1c(=O)n(Cc1ccccc1Cl)c(=O)n2C. The highest BCUT2D eigenvalue weighted by Crippen LogP contribution is 2.27. The van der Waals surface area contributed by atoms with E-state index in [1.807, 2.05) is 0 Å². The zero-order chi connectivity index (χ0) is 23.7. The van der Waals surface area contributed by atoms with Crippen molar-refractivity contribution in [2.75, 3.05) is 13.2 Å². The summed E-state index contributed by atoms with van der Waals surface area (Å²) < 4.78 is 15.3. The second-order valence-electron chi connectivity index (χ2n) is 7.22. The van der Waals surface area contributed by atoms with E-state index in [1.165, 1.54) is 9.13 Å². The van der Waals surface area contributed by atoms with Crippen LogP contribution in [0.5, 0.6) is 11.8 Å². The lowest BCUT2D eigenvalue weighted by atomic mass is 10.2. The second kappa shape index (κ2) is 9.51. The van der Waals surface area contributed by atoms with Gasteiger partial charge in [-0.15, -0.1) is 0 Å². The number of halogens is 3. The van der Waals surface area contributed by atoms with Crippen LogP contribution >= 0.6 is 34.8 Å². The summed E-state index contributed by atoms with van der Waals surface area (Å²) in [5.41, 5.74) is 0.134. The fourth-order valence-corrected chi connectivity index (χ4v) is 4.02. The van der Waals surface area contributed by atoms with E-state index < -0.39 is 11.2 Å². The van der Waals surface area contributed by atoms with Gasteiger partial charge in [-0.1, -0.05) is 53.0 Å². The van der Waals surface area contributed by atoms with Crippen molar-refractivity contribution >= 4 is 46.0 Å². The van der Waals surface area contributed by atoms with Gasteiger partial charge in [0.05, 0.1) is 11.6 Å². The molecule has 0 saturated carbocycles. The van der Waals surface area contributed by atoms with E-state index in [1.54, 1.807) is 56.6 Å². The van der Waals surface area contributed by atoms with E-state index in [0.717, 1.165) is 4.57 Å². The third-order valence-corrected chi connectivity index (χ3v) is 5.97. The van der Waals surface area contributed by atoms with Crippen LogP contribution in [-0.4, -0.2) is 31.9 Å². The molecule has 0 spiro atoms. The zero-order valence-electron chi connectivity index (χ0n) is 17.7. The maximum Gasteiger partial charge on any atom is 0.332 e. The molecule has 2 heterocycles.